The van der Waals surface area contributed by atoms with E-state index in [0.29, 0.717) is 0 Å². The summed E-state index contributed by atoms with van der Waals surface area (Å²) in [6, 6.07) is 6.12. The number of hydrogen-bond donors (Lipinski definition) is 1. The van der Waals surface area contributed by atoms with Crippen molar-refractivity contribution < 1.29 is 9.47 Å². The smallest absolute Gasteiger partial charge is 0.160 e. The van der Waals surface area contributed by atoms with Gasteiger partial charge in [0.05, 0.1) is 14.2 Å². The number of hydrogen-bond acceptors (Lipinski definition) is 3. The molecule has 1 rings (SSSR count). The van der Waals surface area contributed by atoms with Crippen LogP contribution < -0.4 is 14.8 Å². The average molecular weight is 265 g/mol. The van der Waals surface area contributed by atoms with E-state index in [9.17, 15) is 0 Å². The topological polar surface area (TPSA) is 30.5 Å². The normalized spacial score (nSPS) is 10.5. The van der Waals surface area contributed by atoms with Crippen molar-refractivity contribution in [2.24, 2.45) is 0 Å². The summed E-state index contributed by atoms with van der Waals surface area (Å²) < 4.78 is 10.5. The summed E-state index contributed by atoms with van der Waals surface area (Å²) in [7, 11) is 3.34. The van der Waals surface area contributed by atoms with Crippen molar-refractivity contribution in [3.63, 3.8) is 0 Å². The van der Waals surface area contributed by atoms with E-state index >= 15 is 0 Å². The Bertz CT molecular complexity index is 353. The molecule has 0 saturated carbocycles. The van der Waals surface area contributed by atoms with Crippen LogP contribution in [0.1, 0.15) is 38.2 Å². The molecule has 0 aromatic heterocycles. The zero-order valence-electron chi connectivity index (χ0n) is 12.5. The van der Waals surface area contributed by atoms with Gasteiger partial charge in [0.25, 0.3) is 0 Å². The van der Waals surface area contributed by atoms with Gasteiger partial charge in [-0.25, -0.2) is 0 Å². The van der Waals surface area contributed by atoms with Crippen molar-refractivity contribution in [1.82, 2.24) is 5.32 Å². The molecule has 0 saturated heterocycles. The molecule has 1 aromatic rings. The summed E-state index contributed by atoms with van der Waals surface area (Å²) in [6.07, 6.45) is 6.27. The van der Waals surface area contributed by atoms with Crippen LogP contribution in [0.2, 0.25) is 0 Å². The average Bonchev–Trinajstić information content (AvgIpc) is 2.46. The molecular weight excluding hydrogens is 238 g/mol. The maximum atomic E-state index is 5.30. The lowest BCUT2D eigenvalue weighted by molar-refractivity contribution is 0.354. The Morgan fingerprint density at radius 3 is 2.42 bits per heavy atom. The van der Waals surface area contributed by atoms with Crippen molar-refractivity contribution in [3.05, 3.63) is 23.8 Å². The van der Waals surface area contributed by atoms with Gasteiger partial charge in [-0.3, -0.25) is 0 Å². The van der Waals surface area contributed by atoms with Crippen LogP contribution in [0.25, 0.3) is 0 Å². The molecule has 1 N–H and O–H groups in total. The fourth-order valence-corrected chi connectivity index (χ4v) is 2.07. The minimum Gasteiger partial charge on any atom is -0.493 e. The van der Waals surface area contributed by atoms with Crippen LogP contribution in [-0.4, -0.2) is 27.3 Å². The first-order valence-corrected chi connectivity index (χ1v) is 7.23. The molecule has 0 aliphatic rings. The molecule has 0 spiro atoms. The summed E-state index contributed by atoms with van der Waals surface area (Å²) in [5.41, 5.74) is 1.28. The molecule has 3 heteroatoms. The highest BCUT2D eigenvalue weighted by atomic mass is 16.5. The molecule has 0 fully saturated rings. The van der Waals surface area contributed by atoms with E-state index in [1.165, 1.54) is 31.2 Å². The van der Waals surface area contributed by atoms with Crippen molar-refractivity contribution in [2.45, 2.75) is 39.0 Å². The van der Waals surface area contributed by atoms with Gasteiger partial charge in [0.15, 0.2) is 11.5 Å². The number of rotatable bonds is 10. The minimum atomic E-state index is 0.791. The molecule has 1 aromatic carbocycles. The summed E-state index contributed by atoms with van der Waals surface area (Å²) in [4.78, 5) is 0. The number of nitrogens with one attached hydrogen (secondary N) is 1. The molecular formula is C16H27NO2. The molecule has 19 heavy (non-hydrogen) atoms. The monoisotopic (exact) mass is 265 g/mol. The fourth-order valence-electron chi connectivity index (χ4n) is 2.07. The summed E-state index contributed by atoms with van der Waals surface area (Å²) >= 11 is 0. The zero-order chi connectivity index (χ0) is 13.9. The van der Waals surface area contributed by atoms with E-state index in [4.69, 9.17) is 9.47 Å². The van der Waals surface area contributed by atoms with E-state index in [0.717, 1.165) is 31.0 Å². The molecule has 108 valence electrons. The molecule has 0 amide bonds. The third kappa shape index (κ3) is 5.97. The number of benzene rings is 1. The summed E-state index contributed by atoms with van der Waals surface area (Å²) in [5.74, 6) is 1.60. The summed E-state index contributed by atoms with van der Waals surface area (Å²) in [6.45, 7) is 4.37. The fraction of sp³-hybridized carbons (Fsp3) is 0.625. The Balaban J connectivity index is 2.26. The Morgan fingerprint density at radius 2 is 1.74 bits per heavy atom. The van der Waals surface area contributed by atoms with Crippen molar-refractivity contribution in [3.8, 4) is 11.5 Å². The lowest BCUT2D eigenvalue weighted by Crippen LogP contribution is -2.18. The quantitative estimate of drug-likeness (QED) is 0.658. The molecule has 0 heterocycles. The largest absolute Gasteiger partial charge is 0.493 e. The second-order valence-electron chi connectivity index (χ2n) is 4.75. The number of methoxy groups -OCH3 is 2. The Kier molecular flexibility index (Phi) is 8.07. The second kappa shape index (κ2) is 9.68. The molecule has 3 nitrogen and oxygen atoms in total. The van der Waals surface area contributed by atoms with Gasteiger partial charge in [-0.2, -0.15) is 0 Å². The lowest BCUT2D eigenvalue weighted by Gasteiger charge is -2.10. The van der Waals surface area contributed by atoms with Crippen molar-refractivity contribution >= 4 is 0 Å². The highest BCUT2D eigenvalue weighted by Gasteiger charge is 2.03. The molecule has 0 unspecified atom stereocenters. The van der Waals surface area contributed by atoms with Crippen LogP contribution in [0.4, 0.5) is 0 Å². The minimum absolute atomic E-state index is 0.791. The summed E-state index contributed by atoms with van der Waals surface area (Å²) in [5, 5.41) is 3.49. The number of unbranched alkanes of at least 4 members (excludes halogenated alkanes) is 3. The third-order valence-corrected chi connectivity index (χ3v) is 3.25. The Labute approximate surface area is 117 Å². The second-order valence-corrected chi connectivity index (χ2v) is 4.75. The van der Waals surface area contributed by atoms with E-state index in [1.807, 2.05) is 6.07 Å². The zero-order valence-corrected chi connectivity index (χ0v) is 12.5. The SMILES string of the molecule is CCCCCCNCCc1ccc(OC)c(OC)c1. The standard InChI is InChI=1S/C16H27NO2/c1-4-5-6-7-11-17-12-10-14-8-9-15(18-2)16(13-14)19-3/h8-9,13,17H,4-7,10-12H2,1-3H3. The van der Waals surface area contributed by atoms with Gasteiger partial charge >= 0.3 is 0 Å². The van der Waals surface area contributed by atoms with Gasteiger partial charge in [0, 0.05) is 0 Å². The van der Waals surface area contributed by atoms with Crippen LogP contribution in [0.15, 0.2) is 18.2 Å². The van der Waals surface area contributed by atoms with E-state index in [-0.39, 0.29) is 0 Å². The van der Waals surface area contributed by atoms with Crippen molar-refractivity contribution in [1.29, 1.82) is 0 Å². The Morgan fingerprint density at radius 1 is 0.947 bits per heavy atom. The van der Waals surface area contributed by atoms with E-state index < -0.39 is 0 Å². The van der Waals surface area contributed by atoms with Crippen LogP contribution in [0.3, 0.4) is 0 Å². The third-order valence-electron chi connectivity index (χ3n) is 3.25. The molecule has 0 atom stereocenters. The van der Waals surface area contributed by atoms with Crippen molar-refractivity contribution in [2.75, 3.05) is 27.3 Å². The van der Waals surface area contributed by atoms with E-state index in [1.54, 1.807) is 14.2 Å². The van der Waals surface area contributed by atoms with Gasteiger partial charge in [0.1, 0.15) is 0 Å². The van der Waals surface area contributed by atoms with Gasteiger partial charge < -0.3 is 14.8 Å². The first kappa shape index (κ1) is 15.8. The van der Waals surface area contributed by atoms with Gasteiger partial charge in [0.2, 0.25) is 0 Å². The lowest BCUT2D eigenvalue weighted by atomic mass is 10.1. The first-order chi connectivity index (χ1) is 9.31. The van der Waals surface area contributed by atoms with Crippen LogP contribution in [0, 0.1) is 0 Å². The molecule has 0 radical (unpaired) electrons. The maximum Gasteiger partial charge on any atom is 0.160 e. The molecule has 0 aliphatic heterocycles. The maximum absolute atomic E-state index is 5.30. The first-order valence-electron chi connectivity index (χ1n) is 7.23. The van der Waals surface area contributed by atoms with Crippen LogP contribution in [0.5, 0.6) is 11.5 Å². The predicted molar refractivity (Wildman–Crippen MR) is 80.3 cm³/mol. The highest BCUT2D eigenvalue weighted by molar-refractivity contribution is 5.42. The molecule has 0 bridgehead atoms. The predicted octanol–water partition coefficient (Wildman–Crippen LogP) is 3.42. The van der Waals surface area contributed by atoms with Gasteiger partial charge in [-0.05, 0) is 43.6 Å². The van der Waals surface area contributed by atoms with E-state index in [2.05, 4.69) is 24.4 Å². The molecule has 0 aliphatic carbocycles. The Hall–Kier alpha value is -1.22. The number of ether oxygens (including phenoxy) is 2. The van der Waals surface area contributed by atoms with Gasteiger partial charge in [-0.1, -0.05) is 32.3 Å². The highest BCUT2D eigenvalue weighted by Crippen LogP contribution is 2.27. The van der Waals surface area contributed by atoms with Gasteiger partial charge in [-0.15, -0.1) is 0 Å². The van der Waals surface area contributed by atoms with Crippen LogP contribution in [-0.2, 0) is 6.42 Å². The van der Waals surface area contributed by atoms with Crippen LogP contribution >= 0.6 is 0 Å².